The lowest BCUT2D eigenvalue weighted by atomic mass is 9.66. The summed E-state index contributed by atoms with van der Waals surface area (Å²) in [6.45, 7) is 2.16. The van der Waals surface area contributed by atoms with Crippen molar-refractivity contribution in [1.82, 2.24) is 0 Å². The summed E-state index contributed by atoms with van der Waals surface area (Å²) in [6, 6.07) is 0. The number of carboxylic acids is 1. The maximum Gasteiger partial charge on any atom is 0.309 e. The molecule has 0 amide bonds. The monoisotopic (exact) mass is 222 g/mol. The molecule has 1 fully saturated rings. The van der Waals surface area contributed by atoms with Crippen molar-refractivity contribution in [1.29, 1.82) is 0 Å². The Morgan fingerprint density at radius 1 is 1.62 bits per heavy atom. The summed E-state index contributed by atoms with van der Waals surface area (Å²) in [7, 11) is 0. The molecular weight excluding hydrogens is 200 g/mol. The maximum atomic E-state index is 11.5. The molecule has 0 spiro atoms. The zero-order chi connectivity index (χ0) is 12.0. The summed E-state index contributed by atoms with van der Waals surface area (Å²) in [5.41, 5.74) is -0.476. The van der Waals surface area contributed by atoms with Gasteiger partial charge in [-0.2, -0.15) is 0 Å². The van der Waals surface area contributed by atoms with E-state index in [4.69, 9.17) is 6.42 Å². The molecular formula is C14H22O2. The summed E-state index contributed by atoms with van der Waals surface area (Å²) >= 11 is 0. The molecule has 2 nitrogen and oxygen atoms in total. The Morgan fingerprint density at radius 3 is 2.94 bits per heavy atom. The summed E-state index contributed by atoms with van der Waals surface area (Å²) in [6.07, 6.45) is 12.6. The van der Waals surface area contributed by atoms with Crippen LogP contribution in [0.25, 0.3) is 0 Å². The molecule has 0 aromatic carbocycles. The Hall–Kier alpha value is -0.970. The van der Waals surface area contributed by atoms with Crippen LogP contribution >= 0.6 is 0 Å². The number of hydrogen-bond acceptors (Lipinski definition) is 1. The molecule has 16 heavy (non-hydrogen) atoms. The van der Waals surface area contributed by atoms with E-state index in [1.807, 2.05) is 0 Å². The first kappa shape index (κ1) is 13.1. The predicted octanol–water partition coefficient (Wildman–Crippen LogP) is 3.46. The zero-order valence-corrected chi connectivity index (χ0v) is 10.2. The van der Waals surface area contributed by atoms with Gasteiger partial charge in [-0.1, -0.05) is 26.2 Å². The normalized spacial score (nSPS) is 29.6. The van der Waals surface area contributed by atoms with Gasteiger partial charge < -0.3 is 5.11 Å². The van der Waals surface area contributed by atoms with Gasteiger partial charge in [-0.15, -0.1) is 12.3 Å². The first-order valence-corrected chi connectivity index (χ1v) is 6.31. The second kappa shape index (κ2) is 5.94. The second-order valence-corrected chi connectivity index (χ2v) is 5.01. The Balaban J connectivity index is 2.64. The molecule has 0 saturated heterocycles. The molecule has 0 aromatic heterocycles. The smallest absolute Gasteiger partial charge is 0.309 e. The lowest BCUT2D eigenvalue weighted by molar-refractivity contribution is -0.152. The van der Waals surface area contributed by atoms with Gasteiger partial charge in [0.25, 0.3) is 0 Å². The lowest BCUT2D eigenvalue weighted by Gasteiger charge is -2.37. The van der Waals surface area contributed by atoms with E-state index in [1.54, 1.807) is 0 Å². The van der Waals surface area contributed by atoms with Crippen molar-refractivity contribution in [2.24, 2.45) is 11.3 Å². The van der Waals surface area contributed by atoms with E-state index in [-0.39, 0.29) is 0 Å². The molecule has 0 aromatic rings. The third-order valence-corrected chi connectivity index (χ3v) is 3.95. The first-order chi connectivity index (χ1) is 7.64. The van der Waals surface area contributed by atoms with Gasteiger partial charge in [0.1, 0.15) is 0 Å². The van der Waals surface area contributed by atoms with Crippen LogP contribution in [0.3, 0.4) is 0 Å². The van der Waals surface area contributed by atoms with Crippen LogP contribution in [0.4, 0.5) is 0 Å². The van der Waals surface area contributed by atoms with Crippen LogP contribution in [0.15, 0.2) is 0 Å². The maximum absolute atomic E-state index is 11.5. The average molecular weight is 222 g/mol. The van der Waals surface area contributed by atoms with Crippen molar-refractivity contribution in [3.63, 3.8) is 0 Å². The van der Waals surface area contributed by atoms with Crippen molar-refractivity contribution < 1.29 is 9.90 Å². The van der Waals surface area contributed by atoms with Gasteiger partial charge in [0.05, 0.1) is 5.41 Å². The van der Waals surface area contributed by atoms with Crippen LogP contribution < -0.4 is 0 Å². The number of carboxylic acid groups (broad SMARTS) is 1. The molecule has 0 heterocycles. The van der Waals surface area contributed by atoms with Crippen molar-refractivity contribution in [2.45, 2.75) is 58.3 Å². The molecule has 0 aliphatic heterocycles. The molecule has 0 radical (unpaired) electrons. The molecule has 1 saturated carbocycles. The fourth-order valence-corrected chi connectivity index (χ4v) is 2.89. The van der Waals surface area contributed by atoms with E-state index >= 15 is 0 Å². The topological polar surface area (TPSA) is 37.3 Å². The molecule has 1 aliphatic carbocycles. The van der Waals surface area contributed by atoms with E-state index in [0.717, 1.165) is 38.5 Å². The highest BCUT2D eigenvalue weighted by Crippen LogP contribution is 2.44. The second-order valence-electron chi connectivity index (χ2n) is 5.01. The highest BCUT2D eigenvalue weighted by atomic mass is 16.4. The van der Waals surface area contributed by atoms with Crippen LogP contribution in [-0.4, -0.2) is 11.1 Å². The Kier molecular flexibility index (Phi) is 4.86. The summed E-state index contributed by atoms with van der Waals surface area (Å²) in [5.74, 6) is 2.58. The highest BCUT2D eigenvalue weighted by Gasteiger charge is 2.41. The van der Waals surface area contributed by atoms with E-state index < -0.39 is 11.4 Å². The Bertz CT molecular complexity index is 277. The molecule has 1 rings (SSSR count). The van der Waals surface area contributed by atoms with E-state index in [1.165, 1.54) is 6.42 Å². The van der Waals surface area contributed by atoms with E-state index in [2.05, 4.69) is 12.8 Å². The van der Waals surface area contributed by atoms with Gasteiger partial charge in [-0.3, -0.25) is 4.79 Å². The number of carbonyl (C=O) groups is 1. The average Bonchev–Trinajstić information content (AvgIpc) is 2.29. The summed E-state index contributed by atoms with van der Waals surface area (Å²) < 4.78 is 0. The summed E-state index contributed by atoms with van der Waals surface area (Å²) in [4.78, 5) is 11.5. The third kappa shape index (κ3) is 3.01. The van der Waals surface area contributed by atoms with E-state index in [0.29, 0.717) is 12.3 Å². The third-order valence-electron chi connectivity index (χ3n) is 3.95. The quantitative estimate of drug-likeness (QED) is 0.571. The predicted molar refractivity (Wildman–Crippen MR) is 65.0 cm³/mol. The number of hydrogen-bond donors (Lipinski definition) is 1. The number of terminal acetylenes is 1. The molecule has 2 atom stereocenters. The molecule has 0 bridgehead atoms. The molecule has 2 unspecified atom stereocenters. The zero-order valence-electron chi connectivity index (χ0n) is 10.2. The number of unbranched alkanes of at least 4 members (excludes halogenated alkanes) is 1. The first-order valence-electron chi connectivity index (χ1n) is 6.31. The highest BCUT2D eigenvalue weighted by molar-refractivity contribution is 5.74. The fourth-order valence-electron chi connectivity index (χ4n) is 2.89. The minimum absolute atomic E-state index is 0.476. The van der Waals surface area contributed by atoms with Crippen molar-refractivity contribution in [3.8, 4) is 12.3 Å². The largest absolute Gasteiger partial charge is 0.481 e. The fraction of sp³-hybridized carbons (Fsp3) is 0.786. The summed E-state index contributed by atoms with van der Waals surface area (Å²) in [5, 5.41) is 9.45. The lowest BCUT2D eigenvalue weighted by Crippen LogP contribution is -2.36. The van der Waals surface area contributed by atoms with Crippen LogP contribution in [0.5, 0.6) is 0 Å². The number of rotatable bonds is 5. The molecule has 2 heteroatoms. The minimum Gasteiger partial charge on any atom is -0.481 e. The van der Waals surface area contributed by atoms with Crippen LogP contribution in [0.2, 0.25) is 0 Å². The Morgan fingerprint density at radius 2 is 2.38 bits per heavy atom. The molecule has 90 valence electrons. The standard InChI is InChI=1S/C14H22O2/c1-3-5-6-9-14(13(15)16)10-7-8-12(4-2)11-14/h1,12H,4-11H2,2H3,(H,15,16). The van der Waals surface area contributed by atoms with E-state index in [9.17, 15) is 9.90 Å². The van der Waals surface area contributed by atoms with Gasteiger partial charge in [0.15, 0.2) is 0 Å². The van der Waals surface area contributed by atoms with Gasteiger partial charge in [0.2, 0.25) is 0 Å². The van der Waals surface area contributed by atoms with Gasteiger partial charge in [-0.25, -0.2) is 0 Å². The molecule has 1 aliphatic rings. The van der Waals surface area contributed by atoms with Crippen molar-refractivity contribution in [3.05, 3.63) is 0 Å². The number of aliphatic carboxylic acids is 1. The van der Waals surface area contributed by atoms with Crippen LogP contribution in [-0.2, 0) is 4.79 Å². The minimum atomic E-state index is -0.609. The SMILES string of the molecule is C#CCCCC1(C(=O)O)CCCC(CC)C1. The van der Waals surface area contributed by atoms with Crippen molar-refractivity contribution >= 4 is 5.97 Å². The van der Waals surface area contributed by atoms with Crippen LogP contribution in [0.1, 0.15) is 58.3 Å². The van der Waals surface area contributed by atoms with Gasteiger partial charge in [0, 0.05) is 6.42 Å². The van der Waals surface area contributed by atoms with Gasteiger partial charge >= 0.3 is 5.97 Å². The van der Waals surface area contributed by atoms with Gasteiger partial charge in [-0.05, 0) is 31.6 Å². The molecule has 1 N–H and O–H groups in total. The van der Waals surface area contributed by atoms with Crippen LogP contribution in [0, 0.1) is 23.7 Å². The van der Waals surface area contributed by atoms with Crippen molar-refractivity contribution in [2.75, 3.05) is 0 Å². The Labute approximate surface area is 98.4 Å².